The van der Waals surface area contributed by atoms with Crippen LogP contribution >= 0.6 is 11.6 Å². The van der Waals surface area contributed by atoms with Crippen molar-refractivity contribution in [3.05, 3.63) is 135 Å². The molecule has 1 aliphatic carbocycles. The molecular formula is C42H44ClIN2O4. The number of carboxylic acids is 2. The van der Waals surface area contributed by atoms with Gasteiger partial charge in [0.15, 0.2) is 5.71 Å². The van der Waals surface area contributed by atoms with E-state index in [-0.39, 0.29) is 34.8 Å². The summed E-state index contributed by atoms with van der Waals surface area (Å²) >= 11 is 6.35. The van der Waals surface area contributed by atoms with Crippen molar-refractivity contribution in [2.75, 3.05) is 18.0 Å². The molecule has 6 rings (SSSR count). The normalized spacial score (nSPS) is 19.3. The number of fused-ring (bicyclic) bond motifs is 2. The molecule has 3 aromatic carbocycles. The second kappa shape index (κ2) is 14.3. The quantitative estimate of drug-likeness (QED) is 0.190. The molecule has 0 saturated carbocycles. The van der Waals surface area contributed by atoms with Gasteiger partial charge in [-0.15, -0.1) is 0 Å². The molecule has 0 radical (unpaired) electrons. The number of hydrogen-bond acceptors (Lipinski definition) is 3. The van der Waals surface area contributed by atoms with Gasteiger partial charge in [0.05, 0.1) is 16.5 Å². The fraction of sp³-hybridized carbons (Fsp3) is 0.310. The highest BCUT2D eigenvalue weighted by Crippen LogP contribution is 2.48. The minimum Gasteiger partial charge on any atom is -1.00 e. The highest BCUT2D eigenvalue weighted by atomic mass is 127. The van der Waals surface area contributed by atoms with Crippen LogP contribution in [0.5, 0.6) is 0 Å². The molecule has 0 bridgehead atoms. The fourth-order valence-electron chi connectivity index (χ4n) is 7.90. The molecule has 2 aliphatic heterocycles. The molecule has 0 atom stereocenters. The number of rotatable bonds is 8. The molecule has 0 aromatic heterocycles. The van der Waals surface area contributed by atoms with Gasteiger partial charge in [0.2, 0.25) is 5.69 Å². The highest BCUT2D eigenvalue weighted by Gasteiger charge is 2.44. The van der Waals surface area contributed by atoms with Crippen LogP contribution in [-0.4, -0.2) is 45.5 Å². The van der Waals surface area contributed by atoms with Gasteiger partial charge in [-0.3, -0.25) is 0 Å². The second-order valence-electron chi connectivity index (χ2n) is 14.0. The molecule has 2 heterocycles. The van der Waals surface area contributed by atoms with Crippen molar-refractivity contribution in [3.63, 3.8) is 0 Å². The van der Waals surface area contributed by atoms with Crippen LogP contribution in [0.2, 0.25) is 5.02 Å². The Balaban J connectivity index is 0.00000486. The molecule has 6 nitrogen and oxygen atoms in total. The molecule has 260 valence electrons. The summed E-state index contributed by atoms with van der Waals surface area (Å²) in [6.45, 7) is 14.5. The first-order valence-electron chi connectivity index (χ1n) is 17.1. The van der Waals surface area contributed by atoms with Crippen molar-refractivity contribution in [2.24, 2.45) is 0 Å². The minimum atomic E-state index is -0.920. The number of anilines is 1. The number of halogens is 2. The van der Waals surface area contributed by atoms with Crippen LogP contribution in [-0.2, 0) is 10.8 Å². The predicted octanol–water partition coefficient (Wildman–Crippen LogP) is 6.96. The Morgan fingerprint density at radius 1 is 0.840 bits per heavy atom. The van der Waals surface area contributed by atoms with Crippen LogP contribution < -0.4 is 28.9 Å². The summed E-state index contributed by atoms with van der Waals surface area (Å²) in [5.41, 5.74) is 11.1. The topological polar surface area (TPSA) is 80.8 Å². The van der Waals surface area contributed by atoms with Gasteiger partial charge in [-0.2, -0.15) is 4.58 Å². The summed E-state index contributed by atoms with van der Waals surface area (Å²) in [6, 6.07) is 18.9. The number of aromatic carboxylic acids is 2. The molecule has 0 fully saturated rings. The predicted molar refractivity (Wildman–Crippen MR) is 199 cm³/mol. The Bertz CT molecular complexity index is 2030. The molecule has 50 heavy (non-hydrogen) atoms. The van der Waals surface area contributed by atoms with Crippen molar-refractivity contribution < 1.29 is 48.4 Å². The summed E-state index contributed by atoms with van der Waals surface area (Å²) in [5.74, 6) is -1.84. The van der Waals surface area contributed by atoms with E-state index in [1.165, 1.54) is 16.7 Å². The van der Waals surface area contributed by atoms with Crippen LogP contribution in [0.4, 0.5) is 11.4 Å². The third-order valence-electron chi connectivity index (χ3n) is 10.5. The lowest BCUT2D eigenvalue weighted by atomic mass is 9.79. The lowest BCUT2D eigenvalue weighted by molar-refractivity contribution is -0.433. The maximum Gasteiger partial charge on any atom is 0.335 e. The third-order valence-corrected chi connectivity index (χ3v) is 10.7. The molecule has 2 N–H and O–H groups in total. The van der Waals surface area contributed by atoms with Gasteiger partial charge >= 0.3 is 11.9 Å². The lowest BCUT2D eigenvalue weighted by Gasteiger charge is -2.27. The van der Waals surface area contributed by atoms with E-state index in [4.69, 9.17) is 11.6 Å². The summed E-state index contributed by atoms with van der Waals surface area (Å²) in [6.07, 6.45) is 11.8. The maximum absolute atomic E-state index is 11.8. The largest absolute Gasteiger partial charge is 1.00 e. The molecule has 3 aromatic rings. The van der Waals surface area contributed by atoms with E-state index >= 15 is 0 Å². The summed E-state index contributed by atoms with van der Waals surface area (Å²) in [5, 5.41) is 20.1. The first kappa shape index (κ1) is 37.3. The maximum atomic E-state index is 11.8. The Labute approximate surface area is 317 Å². The van der Waals surface area contributed by atoms with Crippen molar-refractivity contribution in [2.45, 2.75) is 71.6 Å². The van der Waals surface area contributed by atoms with Crippen LogP contribution in [0.1, 0.15) is 98.2 Å². The monoisotopic (exact) mass is 802 g/mol. The first-order valence-corrected chi connectivity index (χ1v) is 17.4. The first-order chi connectivity index (χ1) is 23.3. The molecule has 0 amide bonds. The van der Waals surface area contributed by atoms with Gasteiger partial charge in [0, 0.05) is 46.1 Å². The lowest BCUT2D eigenvalue weighted by Crippen LogP contribution is -3.00. The van der Waals surface area contributed by atoms with Crippen molar-refractivity contribution >= 4 is 46.2 Å². The summed E-state index contributed by atoms with van der Waals surface area (Å²) in [7, 11) is 0. The highest BCUT2D eigenvalue weighted by molar-refractivity contribution is 6.30. The van der Waals surface area contributed by atoms with Crippen LogP contribution in [0.3, 0.4) is 0 Å². The van der Waals surface area contributed by atoms with Gasteiger partial charge in [0.25, 0.3) is 0 Å². The van der Waals surface area contributed by atoms with Crippen molar-refractivity contribution in [1.82, 2.24) is 0 Å². The molecule has 8 heteroatoms. The Morgan fingerprint density at radius 3 is 2.10 bits per heavy atom. The van der Waals surface area contributed by atoms with Gasteiger partial charge in [-0.1, -0.05) is 49.7 Å². The third kappa shape index (κ3) is 6.50. The fourth-order valence-corrected chi connectivity index (χ4v) is 8.03. The molecular weight excluding hydrogens is 759 g/mol. The number of carbonyl (C=O) groups is 2. The SMILES string of the molecule is CCN1/C(=C/C=C2\CCCC(/C=C/C3=[N+](CC)c4ccc(C(=O)O)cc4C3(C)C)=C2c2ccc(Cl)cc2)C(C)(C)c2cc(C(=O)O)ccc21.[I-]. The number of nitrogens with zero attached hydrogens (tertiary/aromatic N) is 2. The summed E-state index contributed by atoms with van der Waals surface area (Å²) < 4.78 is 2.29. The van der Waals surface area contributed by atoms with Gasteiger partial charge in [-0.25, -0.2) is 9.59 Å². The number of carboxylic acid groups (broad SMARTS) is 2. The van der Waals surface area contributed by atoms with Gasteiger partial charge < -0.3 is 39.1 Å². The zero-order chi connectivity index (χ0) is 35.2. The van der Waals surface area contributed by atoms with E-state index in [2.05, 4.69) is 87.5 Å². The van der Waals surface area contributed by atoms with Crippen LogP contribution in [0, 0.1) is 0 Å². The number of hydrogen-bond donors (Lipinski definition) is 2. The number of allylic oxidation sites excluding steroid dienone is 8. The average Bonchev–Trinajstić information content (AvgIpc) is 3.43. The second-order valence-corrected chi connectivity index (χ2v) is 14.5. The Hall–Kier alpha value is -3.95. The number of benzene rings is 3. The van der Waals surface area contributed by atoms with E-state index in [1.807, 2.05) is 36.4 Å². The molecule has 0 spiro atoms. The molecule has 0 unspecified atom stereocenters. The minimum absolute atomic E-state index is 0. The zero-order valence-corrected chi connectivity index (χ0v) is 32.4. The molecule has 0 saturated heterocycles. The van der Waals surface area contributed by atoms with Gasteiger partial charge in [-0.05, 0) is 123 Å². The standard InChI is InChI=1S/C42H43ClN2O4.HI/c1-7-44-34-20-14-29(39(46)47)24-32(34)41(3,4)36(44)22-16-26-10-9-11-27(38(26)28-12-18-31(43)19-13-28)17-23-37-42(5,6)33-25-30(40(48)49)15-21-35(33)45(37)8-2;/h12-25H,7-11H2,1-6H3,(H-,46,47,48,49);1H. The molecule has 3 aliphatic rings. The van der Waals surface area contributed by atoms with E-state index in [9.17, 15) is 19.8 Å². The van der Waals surface area contributed by atoms with E-state index in [0.717, 1.165) is 71.8 Å². The van der Waals surface area contributed by atoms with Crippen LogP contribution in [0.15, 0.2) is 102 Å². The van der Waals surface area contributed by atoms with Crippen LogP contribution in [0.25, 0.3) is 5.57 Å². The zero-order valence-electron chi connectivity index (χ0n) is 29.5. The van der Waals surface area contributed by atoms with E-state index in [1.54, 1.807) is 12.1 Å². The Morgan fingerprint density at radius 2 is 1.48 bits per heavy atom. The smallest absolute Gasteiger partial charge is 0.335 e. The van der Waals surface area contributed by atoms with E-state index in [0.29, 0.717) is 16.1 Å². The van der Waals surface area contributed by atoms with Gasteiger partial charge in [0.1, 0.15) is 6.54 Å². The average molecular weight is 803 g/mol. The van der Waals surface area contributed by atoms with Crippen molar-refractivity contribution in [3.8, 4) is 0 Å². The van der Waals surface area contributed by atoms with E-state index < -0.39 is 11.9 Å². The Kier molecular flexibility index (Phi) is 10.7. The summed E-state index contributed by atoms with van der Waals surface area (Å²) in [4.78, 5) is 25.9. The number of likely N-dealkylation sites (N-methyl/N-ethyl adjacent to an activating group) is 1. The van der Waals surface area contributed by atoms with Crippen molar-refractivity contribution in [1.29, 1.82) is 0 Å².